The molecule has 3 nitrogen and oxygen atoms in total. The third-order valence-electron chi connectivity index (χ3n) is 1.78. The topological polar surface area (TPSA) is 46.5 Å². The molecule has 0 aliphatic carbocycles. The Morgan fingerprint density at radius 3 is 2.40 bits per heavy atom. The molecular weight excluding hydrogens is 206 g/mol. The number of hydrogen-bond donors (Lipinski definition) is 1. The van der Waals surface area contributed by atoms with Crippen molar-refractivity contribution >= 4 is 5.97 Å². The summed E-state index contributed by atoms with van der Waals surface area (Å²) in [6.45, 7) is 2.63. The maximum absolute atomic E-state index is 12.8. The summed E-state index contributed by atoms with van der Waals surface area (Å²) in [5.74, 6) is -3.29. The minimum absolute atomic E-state index is 0.0266. The first-order chi connectivity index (χ1) is 6.83. The summed E-state index contributed by atoms with van der Waals surface area (Å²) in [5, 5.41) is 8.73. The van der Waals surface area contributed by atoms with Gasteiger partial charge in [-0.15, -0.1) is 0 Å². The third kappa shape index (κ3) is 2.65. The van der Waals surface area contributed by atoms with E-state index in [4.69, 9.17) is 9.84 Å². The van der Waals surface area contributed by atoms with Gasteiger partial charge in [0, 0.05) is 6.07 Å². The van der Waals surface area contributed by atoms with Crippen molar-refractivity contribution in [3.05, 3.63) is 29.8 Å². The van der Waals surface area contributed by atoms with Crippen molar-refractivity contribution in [1.82, 2.24) is 0 Å². The van der Waals surface area contributed by atoms with Gasteiger partial charge in [0.25, 0.3) is 0 Å². The van der Waals surface area contributed by atoms with E-state index in [0.717, 1.165) is 12.1 Å². The molecular formula is C10H10F2O3. The van der Waals surface area contributed by atoms with Crippen molar-refractivity contribution in [2.75, 3.05) is 0 Å². The highest BCUT2D eigenvalue weighted by atomic mass is 19.2. The fourth-order valence-electron chi connectivity index (χ4n) is 0.879. The lowest BCUT2D eigenvalue weighted by Gasteiger charge is -2.21. The van der Waals surface area contributed by atoms with Crippen molar-refractivity contribution in [1.29, 1.82) is 0 Å². The number of halogens is 2. The van der Waals surface area contributed by atoms with Crippen LogP contribution in [0.3, 0.4) is 0 Å². The second-order valence-corrected chi connectivity index (χ2v) is 3.49. The summed E-state index contributed by atoms with van der Waals surface area (Å²) >= 11 is 0. The number of ether oxygens (including phenoxy) is 1. The zero-order valence-corrected chi connectivity index (χ0v) is 8.25. The Bertz CT molecular complexity index is 388. The molecule has 0 heterocycles. The van der Waals surface area contributed by atoms with Crippen molar-refractivity contribution in [2.45, 2.75) is 19.4 Å². The van der Waals surface area contributed by atoms with Gasteiger partial charge in [-0.2, -0.15) is 0 Å². The first-order valence-electron chi connectivity index (χ1n) is 4.20. The lowest BCUT2D eigenvalue weighted by Crippen LogP contribution is -2.37. The predicted molar refractivity (Wildman–Crippen MR) is 48.7 cm³/mol. The molecule has 0 aliphatic heterocycles. The zero-order valence-electron chi connectivity index (χ0n) is 8.25. The Hall–Kier alpha value is -1.65. The summed E-state index contributed by atoms with van der Waals surface area (Å²) in [5.41, 5.74) is -1.48. The van der Waals surface area contributed by atoms with E-state index in [1.165, 1.54) is 19.9 Å². The molecule has 0 aliphatic rings. The second kappa shape index (κ2) is 3.84. The van der Waals surface area contributed by atoms with Crippen LogP contribution in [0.4, 0.5) is 8.78 Å². The van der Waals surface area contributed by atoms with Crippen LogP contribution in [0.5, 0.6) is 5.75 Å². The van der Waals surface area contributed by atoms with Gasteiger partial charge in [-0.3, -0.25) is 0 Å². The molecule has 5 heteroatoms. The molecule has 0 unspecified atom stereocenters. The summed E-state index contributed by atoms with van der Waals surface area (Å²) in [4.78, 5) is 10.7. The van der Waals surface area contributed by atoms with Crippen LogP contribution < -0.4 is 4.74 Å². The van der Waals surface area contributed by atoms with E-state index in [0.29, 0.717) is 0 Å². The van der Waals surface area contributed by atoms with Crippen LogP contribution in [0.2, 0.25) is 0 Å². The van der Waals surface area contributed by atoms with Gasteiger partial charge >= 0.3 is 5.97 Å². The normalized spacial score (nSPS) is 11.2. The van der Waals surface area contributed by atoms with Crippen LogP contribution in [0, 0.1) is 11.6 Å². The Balaban J connectivity index is 2.91. The highest BCUT2D eigenvalue weighted by molar-refractivity contribution is 5.76. The van der Waals surface area contributed by atoms with E-state index in [-0.39, 0.29) is 5.75 Å². The van der Waals surface area contributed by atoms with E-state index < -0.39 is 23.2 Å². The summed E-state index contributed by atoms with van der Waals surface area (Å²) in [6, 6.07) is 2.85. The largest absolute Gasteiger partial charge is 0.478 e. The van der Waals surface area contributed by atoms with Crippen LogP contribution in [0.25, 0.3) is 0 Å². The number of hydrogen-bond acceptors (Lipinski definition) is 2. The van der Waals surface area contributed by atoms with E-state index in [1.54, 1.807) is 0 Å². The highest BCUT2D eigenvalue weighted by Gasteiger charge is 2.29. The average molecular weight is 216 g/mol. The second-order valence-electron chi connectivity index (χ2n) is 3.49. The van der Waals surface area contributed by atoms with E-state index in [2.05, 4.69) is 0 Å². The fourth-order valence-corrected chi connectivity index (χ4v) is 0.879. The molecule has 15 heavy (non-hydrogen) atoms. The van der Waals surface area contributed by atoms with Crippen molar-refractivity contribution in [2.24, 2.45) is 0 Å². The van der Waals surface area contributed by atoms with Crippen LogP contribution in [0.15, 0.2) is 18.2 Å². The van der Waals surface area contributed by atoms with Crippen molar-refractivity contribution in [3.63, 3.8) is 0 Å². The lowest BCUT2D eigenvalue weighted by atomic mass is 10.1. The molecule has 1 aromatic rings. The SMILES string of the molecule is CC(C)(Oc1ccc(F)c(F)c1)C(=O)O. The van der Waals surface area contributed by atoms with Crippen molar-refractivity contribution < 1.29 is 23.4 Å². The molecule has 1 N–H and O–H groups in total. The molecule has 0 aromatic heterocycles. The van der Waals surface area contributed by atoms with Gasteiger partial charge in [0.15, 0.2) is 17.2 Å². The molecule has 0 fully saturated rings. The molecule has 0 amide bonds. The van der Waals surface area contributed by atoms with E-state index >= 15 is 0 Å². The first kappa shape index (κ1) is 11.4. The number of carboxylic acid groups (broad SMARTS) is 1. The Labute approximate surface area is 85.3 Å². The monoisotopic (exact) mass is 216 g/mol. The van der Waals surface area contributed by atoms with Crippen LogP contribution in [-0.4, -0.2) is 16.7 Å². The minimum atomic E-state index is -1.48. The number of carbonyl (C=O) groups is 1. The standard InChI is InChI=1S/C10H10F2O3/c1-10(2,9(13)14)15-6-3-4-7(11)8(12)5-6/h3-5H,1-2H3,(H,13,14). The fraction of sp³-hybridized carbons (Fsp3) is 0.300. The summed E-state index contributed by atoms with van der Waals surface area (Å²) < 4.78 is 30.3. The Morgan fingerprint density at radius 2 is 1.93 bits per heavy atom. The number of aliphatic carboxylic acids is 1. The van der Waals surface area contributed by atoms with Gasteiger partial charge in [0.1, 0.15) is 5.75 Å². The summed E-state index contributed by atoms with van der Waals surface area (Å²) in [6.07, 6.45) is 0. The van der Waals surface area contributed by atoms with Gasteiger partial charge in [-0.1, -0.05) is 0 Å². The molecule has 1 aromatic carbocycles. The predicted octanol–water partition coefficient (Wildman–Crippen LogP) is 2.21. The quantitative estimate of drug-likeness (QED) is 0.842. The Morgan fingerprint density at radius 1 is 1.33 bits per heavy atom. The maximum atomic E-state index is 12.8. The molecule has 82 valence electrons. The molecule has 0 saturated heterocycles. The smallest absolute Gasteiger partial charge is 0.347 e. The number of benzene rings is 1. The van der Waals surface area contributed by atoms with Gasteiger partial charge in [0.2, 0.25) is 0 Å². The van der Waals surface area contributed by atoms with Gasteiger partial charge in [-0.05, 0) is 26.0 Å². The van der Waals surface area contributed by atoms with Crippen molar-refractivity contribution in [3.8, 4) is 5.75 Å². The average Bonchev–Trinajstić information content (AvgIpc) is 2.10. The maximum Gasteiger partial charge on any atom is 0.347 e. The van der Waals surface area contributed by atoms with Crippen LogP contribution >= 0.6 is 0 Å². The molecule has 0 radical (unpaired) electrons. The van der Waals surface area contributed by atoms with Gasteiger partial charge in [-0.25, -0.2) is 13.6 Å². The van der Waals surface area contributed by atoms with Gasteiger partial charge < -0.3 is 9.84 Å². The molecule has 0 bridgehead atoms. The van der Waals surface area contributed by atoms with Crippen LogP contribution in [-0.2, 0) is 4.79 Å². The zero-order chi connectivity index (χ0) is 11.6. The molecule has 0 atom stereocenters. The molecule has 1 rings (SSSR count). The highest BCUT2D eigenvalue weighted by Crippen LogP contribution is 2.20. The number of rotatable bonds is 3. The van der Waals surface area contributed by atoms with E-state index in [1.807, 2.05) is 0 Å². The third-order valence-corrected chi connectivity index (χ3v) is 1.78. The van der Waals surface area contributed by atoms with E-state index in [9.17, 15) is 13.6 Å². The number of carboxylic acids is 1. The lowest BCUT2D eigenvalue weighted by molar-refractivity contribution is -0.152. The summed E-state index contributed by atoms with van der Waals surface area (Å²) in [7, 11) is 0. The Kier molecular flexibility index (Phi) is 2.93. The first-order valence-corrected chi connectivity index (χ1v) is 4.20. The van der Waals surface area contributed by atoms with Crippen LogP contribution in [0.1, 0.15) is 13.8 Å². The molecule has 0 saturated carbocycles. The van der Waals surface area contributed by atoms with Gasteiger partial charge in [0.05, 0.1) is 0 Å². The molecule has 0 spiro atoms. The minimum Gasteiger partial charge on any atom is -0.478 e.